The van der Waals surface area contributed by atoms with Crippen molar-refractivity contribution in [3.8, 4) is 12.3 Å². The van der Waals surface area contributed by atoms with Gasteiger partial charge >= 0.3 is 8.80 Å². The minimum absolute atomic E-state index is 0.756. The molecule has 3 nitrogen and oxygen atoms in total. The molecule has 0 radical (unpaired) electrons. The van der Waals surface area contributed by atoms with Crippen molar-refractivity contribution in [2.24, 2.45) is 0 Å². The number of terminal acetylenes is 1. The Bertz CT molecular complexity index is 184. The van der Waals surface area contributed by atoms with E-state index in [0.29, 0.717) is 0 Å². The zero-order chi connectivity index (χ0) is 11.6. The Morgan fingerprint density at radius 1 is 1.13 bits per heavy atom. The molecule has 15 heavy (non-hydrogen) atoms. The van der Waals surface area contributed by atoms with Gasteiger partial charge in [0.1, 0.15) is 0 Å². The summed E-state index contributed by atoms with van der Waals surface area (Å²) in [4.78, 5) is 0. The molecular weight excluding hydrogens is 248 g/mol. The van der Waals surface area contributed by atoms with Crippen LogP contribution < -0.4 is 0 Å². The van der Waals surface area contributed by atoms with Gasteiger partial charge in [0, 0.05) is 33.1 Å². The predicted molar refractivity (Wildman–Crippen MR) is 70.0 cm³/mol. The molecule has 0 aromatic carbocycles. The van der Waals surface area contributed by atoms with Crippen LogP contribution in [0.25, 0.3) is 0 Å². The van der Waals surface area contributed by atoms with Gasteiger partial charge in [-0.05, 0) is 6.42 Å². The molecule has 0 rings (SSSR count). The molecule has 88 valence electrons. The van der Waals surface area contributed by atoms with Gasteiger partial charge < -0.3 is 13.3 Å². The Kier molecular flexibility index (Phi) is 9.80. The Hall–Kier alpha value is 0.357. The third kappa shape index (κ3) is 6.51. The molecule has 0 spiro atoms. The summed E-state index contributed by atoms with van der Waals surface area (Å²) in [5, 5.41) is 0. The molecule has 0 aromatic heterocycles. The van der Waals surface area contributed by atoms with E-state index in [2.05, 4.69) is 5.92 Å². The zero-order valence-electron chi connectivity index (χ0n) is 9.45. The first-order valence-electron chi connectivity index (χ1n) is 4.58. The average Bonchev–Trinajstić information content (AvgIpc) is 2.29. The molecule has 0 saturated carbocycles. The van der Waals surface area contributed by atoms with Gasteiger partial charge in [-0.3, -0.25) is 0 Å². The summed E-state index contributed by atoms with van der Waals surface area (Å²) in [6, 6.07) is 0.847. The first kappa shape index (κ1) is 15.4. The highest BCUT2D eigenvalue weighted by Gasteiger charge is 2.36. The molecule has 0 aliphatic carbocycles. The zero-order valence-corrected chi connectivity index (χ0v) is 12.1. The summed E-state index contributed by atoms with van der Waals surface area (Å²) < 4.78 is 15.9. The Labute approximate surface area is 101 Å². The van der Waals surface area contributed by atoms with E-state index in [-0.39, 0.29) is 0 Å². The molecule has 0 atom stereocenters. The fraction of sp³-hybridized carbons (Fsp3) is 0.778. The lowest BCUT2D eigenvalue weighted by atomic mass is 10.6. The summed E-state index contributed by atoms with van der Waals surface area (Å²) in [7, 11) is 6.05. The monoisotopic (exact) mass is 266 g/mol. The maximum absolute atomic E-state index is 5.31. The van der Waals surface area contributed by atoms with Crippen LogP contribution in [0.3, 0.4) is 0 Å². The highest BCUT2D eigenvalue weighted by Crippen LogP contribution is 2.24. The molecule has 0 unspecified atom stereocenters. The predicted octanol–water partition coefficient (Wildman–Crippen LogP) is 2.27. The Morgan fingerprint density at radius 3 is 2.20 bits per heavy atom. The van der Waals surface area contributed by atoms with Crippen LogP contribution in [0.2, 0.25) is 6.04 Å². The molecule has 0 aliphatic rings. The summed E-state index contributed by atoms with van der Waals surface area (Å²) >= 11 is 0. The van der Waals surface area contributed by atoms with E-state index in [1.54, 1.807) is 42.9 Å². The first-order valence-corrected chi connectivity index (χ1v) is 9.00. The van der Waals surface area contributed by atoms with Gasteiger partial charge in [-0.2, -0.15) is 0 Å². The van der Waals surface area contributed by atoms with Gasteiger partial charge in [0.2, 0.25) is 0 Å². The Balaban J connectivity index is 3.59. The Morgan fingerprint density at radius 2 is 1.73 bits per heavy atom. The van der Waals surface area contributed by atoms with Crippen molar-refractivity contribution < 1.29 is 13.3 Å². The first-order chi connectivity index (χ1) is 7.24. The summed E-state index contributed by atoms with van der Waals surface area (Å²) in [5.74, 6) is 4.38. The molecule has 0 bridgehead atoms. The summed E-state index contributed by atoms with van der Waals surface area (Å²) in [6.07, 6.45) is 6.16. The van der Waals surface area contributed by atoms with Crippen LogP contribution in [0.4, 0.5) is 0 Å². The van der Waals surface area contributed by atoms with E-state index < -0.39 is 8.80 Å². The van der Waals surface area contributed by atoms with Crippen LogP contribution in [0, 0.1) is 12.3 Å². The van der Waals surface area contributed by atoms with Crippen LogP contribution in [-0.4, -0.2) is 41.6 Å². The van der Waals surface area contributed by atoms with Gasteiger partial charge in [-0.15, -0.1) is 6.42 Å². The van der Waals surface area contributed by atoms with E-state index >= 15 is 0 Å². The SMILES string of the molecule is C#CCSSCCC[Si](OC)(OC)OC. The largest absolute Gasteiger partial charge is 0.500 e. The van der Waals surface area contributed by atoms with E-state index in [1.165, 1.54) is 0 Å². The van der Waals surface area contributed by atoms with Gasteiger partial charge in [0.25, 0.3) is 0 Å². The normalized spacial score (nSPS) is 11.3. The van der Waals surface area contributed by atoms with Crippen molar-refractivity contribution in [2.45, 2.75) is 12.5 Å². The van der Waals surface area contributed by atoms with Crippen LogP contribution in [0.1, 0.15) is 6.42 Å². The van der Waals surface area contributed by atoms with Crippen LogP contribution in [0.15, 0.2) is 0 Å². The highest BCUT2D eigenvalue weighted by atomic mass is 33.1. The molecule has 0 aliphatic heterocycles. The van der Waals surface area contributed by atoms with Crippen LogP contribution >= 0.6 is 21.6 Å². The van der Waals surface area contributed by atoms with E-state index in [4.69, 9.17) is 19.7 Å². The minimum Gasteiger partial charge on any atom is -0.377 e. The van der Waals surface area contributed by atoms with Crippen molar-refractivity contribution >= 4 is 30.4 Å². The van der Waals surface area contributed by atoms with E-state index in [9.17, 15) is 0 Å². The number of hydrogen-bond donors (Lipinski definition) is 0. The van der Waals surface area contributed by atoms with Crippen LogP contribution in [0.5, 0.6) is 0 Å². The quantitative estimate of drug-likeness (QED) is 0.276. The van der Waals surface area contributed by atoms with Crippen molar-refractivity contribution in [2.75, 3.05) is 32.8 Å². The second-order valence-electron chi connectivity index (χ2n) is 2.69. The third-order valence-corrected chi connectivity index (χ3v) is 6.96. The van der Waals surface area contributed by atoms with Crippen molar-refractivity contribution in [3.05, 3.63) is 0 Å². The van der Waals surface area contributed by atoms with Crippen molar-refractivity contribution in [1.29, 1.82) is 0 Å². The lowest BCUT2D eigenvalue weighted by molar-refractivity contribution is 0.123. The van der Waals surface area contributed by atoms with Gasteiger partial charge in [-0.25, -0.2) is 0 Å². The van der Waals surface area contributed by atoms with Gasteiger partial charge in [-0.1, -0.05) is 27.5 Å². The molecule has 0 fully saturated rings. The lowest BCUT2D eigenvalue weighted by Crippen LogP contribution is -2.42. The summed E-state index contributed by atoms with van der Waals surface area (Å²) in [5.41, 5.74) is 0. The van der Waals surface area contributed by atoms with Gasteiger partial charge in [0.15, 0.2) is 0 Å². The van der Waals surface area contributed by atoms with E-state index in [0.717, 1.165) is 24.0 Å². The molecule has 6 heteroatoms. The summed E-state index contributed by atoms with van der Waals surface area (Å²) in [6.45, 7) is 0. The third-order valence-electron chi connectivity index (χ3n) is 1.87. The lowest BCUT2D eigenvalue weighted by Gasteiger charge is -2.23. The second-order valence-corrected chi connectivity index (χ2v) is 8.36. The topological polar surface area (TPSA) is 27.7 Å². The molecule has 0 N–H and O–H groups in total. The highest BCUT2D eigenvalue weighted by molar-refractivity contribution is 8.76. The fourth-order valence-corrected chi connectivity index (χ4v) is 4.71. The van der Waals surface area contributed by atoms with E-state index in [1.807, 2.05) is 0 Å². The molecule has 0 amide bonds. The van der Waals surface area contributed by atoms with Crippen molar-refractivity contribution in [1.82, 2.24) is 0 Å². The van der Waals surface area contributed by atoms with Crippen LogP contribution in [-0.2, 0) is 13.3 Å². The van der Waals surface area contributed by atoms with Gasteiger partial charge in [0.05, 0.1) is 5.75 Å². The van der Waals surface area contributed by atoms with Crippen molar-refractivity contribution in [3.63, 3.8) is 0 Å². The maximum atomic E-state index is 5.31. The average molecular weight is 266 g/mol. The molecule has 0 saturated heterocycles. The number of hydrogen-bond acceptors (Lipinski definition) is 5. The molecular formula is C9H18O3S2Si. The maximum Gasteiger partial charge on any atom is 0.500 e. The standard InChI is InChI=1S/C9H18O3S2Si/c1-5-7-13-14-8-6-9-15(10-2,11-3)12-4/h1H,6-9H2,2-4H3. The molecule has 0 heterocycles. The fourth-order valence-electron chi connectivity index (χ4n) is 1.04. The molecule has 0 aromatic rings. The second kappa shape index (κ2) is 9.57. The number of rotatable bonds is 9. The smallest absolute Gasteiger partial charge is 0.377 e. The minimum atomic E-state index is -2.35.